The van der Waals surface area contributed by atoms with Crippen LogP contribution in [0.4, 0.5) is 0 Å². The van der Waals surface area contributed by atoms with Gasteiger partial charge in [-0.05, 0) is 24.6 Å². The van der Waals surface area contributed by atoms with Gasteiger partial charge in [-0.1, -0.05) is 20.8 Å². The fraction of sp³-hybridized carbons (Fsp3) is 0.500. The smallest absolute Gasteiger partial charge is 0.0756 e. The van der Waals surface area contributed by atoms with E-state index < -0.39 is 0 Å². The van der Waals surface area contributed by atoms with Gasteiger partial charge in [-0.3, -0.25) is 4.68 Å². The number of aromatic nitrogens is 2. The first-order valence-corrected chi connectivity index (χ1v) is 7.32. The van der Waals surface area contributed by atoms with Gasteiger partial charge in [0.25, 0.3) is 0 Å². The highest BCUT2D eigenvalue weighted by atomic mass is 32.1. The van der Waals surface area contributed by atoms with E-state index in [1.165, 1.54) is 15.4 Å². The first kappa shape index (κ1) is 13.3. The Labute approximate surface area is 113 Å². The van der Waals surface area contributed by atoms with Gasteiger partial charge in [0, 0.05) is 28.5 Å². The summed E-state index contributed by atoms with van der Waals surface area (Å²) in [5.41, 5.74) is 1.25. The number of thiophene rings is 1. The summed E-state index contributed by atoms with van der Waals surface area (Å²) < 4.78 is 2.08. The van der Waals surface area contributed by atoms with Gasteiger partial charge in [-0.15, -0.1) is 11.3 Å². The number of nitrogens with one attached hydrogen (secondary N) is 1. The van der Waals surface area contributed by atoms with Gasteiger partial charge in [0.2, 0.25) is 0 Å². The SMILES string of the molecule is CCc1ccc(Cn2nccc2CNC(C)C)s1. The van der Waals surface area contributed by atoms with E-state index in [0.717, 1.165) is 19.5 Å². The van der Waals surface area contributed by atoms with Crippen molar-refractivity contribution in [2.45, 2.75) is 46.3 Å². The summed E-state index contributed by atoms with van der Waals surface area (Å²) in [6.45, 7) is 8.28. The third-order valence-electron chi connectivity index (χ3n) is 2.87. The minimum Gasteiger partial charge on any atom is -0.309 e. The molecule has 0 aliphatic carbocycles. The lowest BCUT2D eigenvalue weighted by Crippen LogP contribution is -2.23. The van der Waals surface area contributed by atoms with Crippen molar-refractivity contribution in [3.63, 3.8) is 0 Å². The monoisotopic (exact) mass is 263 g/mol. The topological polar surface area (TPSA) is 29.9 Å². The molecule has 2 aromatic heterocycles. The summed E-state index contributed by atoms with van der Waals surface area (Å²) in [6, 6.07) is 7.02. The zero-order valence-corrected chi connectivity index (χ0v) is 12.1. The molecule has 0 aliphatic heterocycles. The third kappa shape index (κ3) is 3.43. The van der Waals surface area contributed by atoms with Crippen LogP contribution in [0.25, 0.3) is 0 Å². The van der Waals surface area contributed by atoms with Crippen LogP contribution in [0.15, 0.2) is 24.4 Å². The lowest BCUT2D eigenvalue weighted by Gasteiger charge is -2.10. The molecular formula is C14H21N3S. The van der Waals surface area contributed by atoms with E-state index in [4.69, 9.17) is 0 Å². The van der Waals surface area contributed by atoms with Crippen molar-refractivity contribution >= 4 is 11.3 Å². The Morgan fingerprint density at radius 1 is 1.28 bits per heavy atom. The molecule has 0 fully saturated rings. The maximum atomic E-state index is 4.41. The average molecular weight is 263 g/mol. The van der Waals surface area contributed by atoms with Crippen LogP contribution < -0.4 is 5.32 Å². The molecule has 0 aromatic carbocycles. The number of rotatable bonds is 6. The van der Waals surface area contributed by atoms with Crippen molar-refractivity contribution in [2.24, 2.45) is 0 Å². The van der Waals surface area contributed by atoms with Gasteiger partial charge in [-0.2, -0.15) is 5.10 Å². The average Bonchev–Trinajstić information content (AvgIpc) is 2.96. The Bertz CT molecular complexity index is 485. The summed E-state index contributed by atoms with van der Waals surface area (Å²) in [5.74, 6) is 0. The minimum absolute atomic E-state index is 0.502. The molecule has 98 valence electrons. The summed E-state index contributed by atoms with van der Waals surface area (Å²) in [7, 11) is 0. The van der Waals surface area contributed by atoms with E-state index in [-0.39, 0.29) is 0 Å². The highest BCUT2D eigenvalue weighted by molar-refractivity contribution is 7.11. The van der Waals surface area contributed by atoms with Crippen LogP contribution >= 0.6 is 11.3 Å². The number of hydrogen-bond donors (Lipinski definition) is 1. The lowest BCUT2D eigenvalue weighted by molar-refractivity contribution is 0.548. The highest BCUT2D eigenvalue weighted by Gasteiger charge is 2.05. The van der Waals surface area contributed by atoms with Crippen molar-refractivity contribution in [3.05, 3.63) is 39.8 Å². The fourth-order valence-electron chi connectivity index (χ4n) is 1.81. The summed E-state index contributed by atoms with van der Waals surface area (Å²) in [6.07, 6.45) is 3.00. The second-order valence-corrected chi connectivity index (χ2v) is 5.99. The van der Waals surface area contributed by atoms with Gasteiger partial charge >= 0.3 is 0 Å². The molecule has 0 spiro atoms. The minimum atomic E-state index is 0.502. The zero-order valence-electron chi connectivity index (χ0n) is 11.3. The molecule has 1 N–H and O–H groups in total. The molecule has 2 rings (SSSR count). The Hall–Kier alpha value is -1.13. The molecule has 3 nitrogen and oxygen atoms in total. The largest absolute Gasteiger partial charge is 0.309 e. The molecule has 18 heavy (non-hydrogen) atoms. The fourth-order valence-corrected chi connectivity index (χ4v) is 2.75. The summed E-state index contributed by atoms with van der Waals surface area (Å²) >= 11 is 1.88. The van der Waals surface area contributed by atoms with Crippen LogP contribution in [-0.4, -0.2) is 15.8 Å². The molecule has 2 heterocycles. The van der Waals surface area contributed by atoms with Gasteiger partial charge in [0.05, 0.1) is 12.2 Å². The zero-order chi connectivity index (χ0) is 13.0. The van der Waals surface area contributed by atoms with Crippen molar-refractivity contribution in [1.82, 2.24) is 15.1 Å². The van der Waals surface area contributed by atoms with Crippen LogP contribution in [-0.2, 0) is 19.5 Å². The quantitative estimate of drug-likeness (QED) is 0.868. The van der Waals surface area contributed by atoms with E-state index in [2.05, 4.69) is 54.1 Å². The predicted molar refractivity (Wildman–Crippen MR) is 77.0 cm³/mol. The molecule has 0 unspecified atom stereocenters. The maximum Gasteiger partial charge on any atom is 0.0756 e. The van der Waals surface area contributed by atoms with Gasteiger partial charge in [0.1, 0.15) is 0 Å². The van der Waals surface area contributed by atoms with E-state index >= 15 is 0 Å². The molecule has 0 bridgehead atoms. The van der Waals surface area contributed by atoms with E-state index in [1.807, 2.05) is 17.5 Å². The Morgan fingerprint density at radius 2 is 2.06 bits per heavy atom. The van der Waals surface area contributed by atoms with Crippen LogP contribution in [0.5, 0.6) is 0 Å². The maximum absolute atomic E-state index is 4.41. The second kappa shape index (κ2) is 6.16. The van der Waals surface area contributed by atoms with Crippen molar-refractivity contribution in [1.29, 1.82) is 0 Å². The molecule has 0 atom stereocenters. The molecule has 0 saturated carbocycles. The third-order valence-corrected chi connectivity index (χ3v) is 4.08. The normalized spacial score (nSPS) is 11.3. The summed E-state index contributed by atoms with van der Waals surface area (Å²) in [5, 5.41) is 7.84. The van der Waals surface area contributed by atoms with Crippen LogP contribution in [0, 0.1) is 0 Å². The van der Waals surface area contributed by atoms with Crippen molar-refractivity contribution in [2.75, 3.05) is 0 Å². The van der Waals surface area contributed by atoms with Gasteiger partial charge in [0.15, 0.2) is 0 Å². The standard InChI is InChI=1S/C14H21N3S/c1-4-13-5-6-14(18-13)10-17-12(7-8-16-17)9-15-11(2)3/h5-8,11,15H,4,9-10H2,1-3H3. The van der Waals surface area contributed by atoms with E-state index in [9.17, 15) is 0 Å². The van der Waals surface area contributed by atoms with Crippen LogP contribution in [0.1, 0.15) is 36.2 Å². The molecular weight excluding hydrogens is 242 g/mol. The second-order valence-electron chi connectivity index (χ2n) is 4.74. The van der Waals surface area contributed by atoms with Crippen LogP contribution in [0.2, 0.25) is 0 Å². The number of hydrogen-bond acceptors (Lipinski definition) is 3. The highest BCUT2D eigenvalue weighted by Crippen LogP contribution is 2.18. The molecule has 0 saturated heterocycles. The van der Waals surface area contributed by atoms with Crippen molar-refractivity contribution < 1.29 is 0 Å². The first-order valence-electron chi connectivity index (χ1n) is 6.50. The predicted octanol–water partition coefficient (Wildman–Crippen LogP) is 3.05. The van der Waals surface area contributed by atoms with E-state index in [0.29, 0.717) is 6.04 Å². The number of nitrogens with zero attached hydrogens (tertiary/aromatic N) is 2. The molecule has 0 amide bonds. The molecule has 0 aliphatic rings. The van der Waals surface area contributed by atoms with Crippen molar-refractivity contribution in [3.8, 4) is 0 Å². The summed E-state index contributed by atoms with van der Waals surface area (Å²) in [4.78, 5) is 2.82. The van der Waals surface area contributed by atoms with Crippen LogP contribution in [0.3, 0.4) is 0 Å². The molecule has 0 radical (unpaired) electrons. The number of aryl methyl sites for hydroxylation is 1. The van der Waals surface area contributed by atoms with Gasteiger partial charge < -0.3 is 5.32 Å². The molecule has 2 aromatic rings. The molecule has 4 heteroatoms. The Balaban J connectivity index is 2.02. The Morgan fingerprint density at radius 3 is 2.72 bits per heavy atom. The van der Waals surface area contributed by atoms with E-state index in [1.54, 1.807) is 0 Å². The first-order chi connectivity index (χ1) is 8.69. The lowest BCUT2D eigenvalue weighted by atomic mass is 10.3. The Kier molecular flexibility index (Phi) is 4.55. The van der Waals surface area contributed by atoms with Gasteiger partial charge in [-0.25, -0.2) is 0 Å².